The van der Waals surface area contributed by atoms with Crippen LogP contribution in [0.2, 0.25) is 0 Å². The van der Waals surface area contributed by atoms with Gasteiger partial charge in [0.25, 0.3) is 0 Å². The molecule has 2 aliphatic rings. The van der Waals surface area contributed by atoms with Crippen LogP contribution >= 0.6 is 0 Å². The molecule has 0 aromatic carbocycles. The van der Waals surface area contributed by atoms with Crippen molar-refractivity contribution in [2.45, 2.75) is 64.5 Å². The average molecular weight is 282 g/mol. The van der Waals surface area contributed by atoms with E-state index in [9.17, 15) is 4.79 Å². The van der Waals surface area contributed by atoms with Crippen molar-refractivity contribution < 1.29 is 9.53 Å². The van der Waals surface area contributed by atoms with Crippen molar-refractivity contribution in [1.29, 1.82) is 0 Å². The first-order valence-electron chi connectivity index (χ1n) is 8.35. The summed E-state index contributed by atoms with van der Waals surface area (Å²) >= 11 is 0. The van der Waals surface area contributed by atoms with Crippen molar-refractivity contribution in [3.8, 4) is 0 Å². The summed E-state index contributed by atoms with van der Waals surface area (Å²) in [5, 5.41) is 3.56. The third kappa shape index (κ3) is 4.45. The van der Waals surface area contributed by atoms with Crippen LogP contribution in [0, 0.1) is 5.92 Å². The zero-order valence-corrected chi connectivity index (χ0v) is 13.1. The maximum Gasteiger partial charge on any atom is 0.222 e. The molecule has 1 saturated carbocycles. The summed E-state index contributed by atoms with van der Waals surface area (Å²) in [7, 11) is 0. The predicted octanol–water partition coefficient (Wildman–Crippen LogP) is 2.18. The SMILES string of the molecule is CCCNC1CCN(C(=O)CC2CC(OCC)C2)CC1. The van der Waals surface area contributed by atoms with Crippen molar-refractivity contribution in [1.82, 2.24) is 10.2 Å². The highest BCUT2D eigenvalue weighted by Gasteiger charge is 2.33. The molecule has 1 amide bonds. The van der Waals surface area contributed by atoms with Gasteiger partial charge in [-0.25, -0.2) is 0 Å². The largest absolute Gasteiger partial charge is 0.378 e. The highest BCUT2D eigenvalue weighted by molar-refractivity contribution is 5.76. The van der Waals surface area contributed by atoms with Crippen LogP contribution in [0.1, 0.15) is 52.4 Å². The number of nitrogens with one attached hydrogen (secondary N) is 1. The highest BCUT2D eigenvalue weighted by Crippen LogP contribution is 2.33. The molecule has 20 heavy (non-hydrogen) atoms. The van der Waals surface area contributed by atoms with Gasteiger partial charge in [0.1, 0.15) is 0 Å². The van der Waals surface area contributed by atoms with Gasteiger partial charge in [0, 0.05) is 32.2 Å². The van der Waals surface area contributed by atoms with E-state index in [4.69, 9.17) is 4.74 Å². The van der Waals surface area contributed by atoms with E-state index in [1.54, 1.807) is 0 Å². The smallest absolute Gasteiger partial charge is 0.222 e. The van der Waals surface area contributed by atoms with Crippen LogP contribution in [-0.2, 0) is 9.53 Å². The molecule has 1 saturated heterocycles. The molecule has 116 valence electrons. The van der Waals surface area contributed by atoms with Crippen LogP contribution in [0.4, 0.5) is 0 Å². The summed E-state index contributed by atoms with van der Waals surface area (Å²) in [5.74, 6) is 0.925. The number of likely N-dealkylation sites (tertiary alicyclic amines) is 1. The molecule has 0 bridgehead atoms. The lowest BCUT2D eigenvalue weighted by Gasteiger charge is -2.37. The van der Waals surface area contributed by atoms with Crippen molar-refractivity contribution in [2.24, 2.45) is 5.92 Å². The van der Waals surface area contributed by atoms with E-state index in [0.717, 1.165) is 58.3 Å². The number of hydrogen-bond acceptors (Lipinski definition) is 3. The van der Waals surface area contributed by atoms with Crippen LogP contribution in [0.3, 0.4) is 0 Å². The van der Waals surface area contributed by atoms with Gasteiger partial charge < -0.3 is 15.0 Å². The molecule has 0 radical (unpaired) electrons. The number of hydrogen-bond donors (Lipinski definition) is 1. The van der Waals surface area contributed by atoms with Crippen LogP contribution in [0.25, 0.3) is 0 Å². The zero-order chi connectivity index (χ0) is 14.4. The Balaban J connectivity index is 1.60. The van der Waals surface area contributed by atoms with E-state index in [-0.39, 0.29) is 0 Å². The Morgan fingerprint density at radius 3 is 2.55 bits per heavy atom. The lowest BCUT2D eigenvalue weighted by molar-refractivity contribution is -0.135. The second kappa shape index (κ2) is 7.99. The summed E-state index contributed by atoms with van der Waals surface area (Å²) < 4.78 is 5.55. The first-order chi connectivity index (χ1) is 9.72. The summed E-state index contributed by atoms with van der Waals surface area (Å²) in [6.07, 6.45) is 6.71. The molecule has 1 aliphatic carbocycles. The van der Waals surface area contributed by atoms with Gasteiger partial charge in [0.05, 0.1) is 6.10 Å². The van der Waals surface area contributed by atoms with E-state index in [1.165, 1.54) is 6.42 Å². The predicted molar refractivity (Wildman–Crippen MR) is 80.7 cm³/mol. The van der Waals surface area contributed by atoms with E-state index in [0.29, 0.717) is 24.0 Å². The third-order valence-electron chi connectivity index (χ3n) is 4.59. The summed E-state index contributed by atoms with van der Waals surface area (Å²) in [4.78, 5) is 14.3. The topological polar surface area (TPSA) is 41.6 Å². The molecule has 1 aliphatic heterocycles. The number of carbonyl (C=O) groups is 1. The molecule has 0 aromatic rings. The molecule has 0 atom stereocenters. The van der Waals surface area contributed by atoms with Gasteiger partial charge in [-0.3, -0.25) is 4.79 Å². The molecule has 4 heteroatoms. The van der Waals surface area contributed by atoms with Gasteiger partial charge in [0.2, 0.25) is 5.91 Å². The molecular weight excluding hydrogens is 252 g/mol. The molecule has 0 aromatic heterocycles. The number of rotatable bonds is 7. The number of piperidine rings is 1. The highest BCUT2D eigenvalue weighted by atomic mass is 16.5. The zero-order valence-electron chi connectivity index (χ0n) is 13.1. The van der Waals surface area contributed by atoms with Gasteiger partial charge in [-0.15, -0.1) is 0 Å². The second-order valence-electron chi connectivity index (χ2n) is 6.23. The number of ether oxygens (including phenoxy) is 1. The third-order valence-corrected chi connectivity index (χ3v) is 4.59. The molecule has 1 heterocycles. The Morgan fingerprint density at radius 1 is 1.25 bits per heavy atom. The molecule has 2 fully saturated rings. The molecule has 1 N–H and O–H groups in total. The summed E-state index contributed by atoms with van der Waals surface area (Å²) in [6, 6.07) is 0.616. The van der Waals surface area contributed by atoms with Gasteiger partial charge in [-0.2, -0.15) is 0 Å². The molecule has 0 unspecified atom stereocenters. The Labute approximate surface area is 123 Å². The Bertz CT molecular complexity index is 295. The first kappa shape index (κ1) is 15.8. The molecular formula is C16H30N2O2. The van der Waals surface area contributed by atoms with E-state index < -0.39 is 0 Å². The van der Waals surface area contributed by atoms with Gasteiger partial charge in [0.15, 0.2) is 0 Å². The fourth-order valence-electron chi connectivity index (χ4n) is 3.27. The minimum atomic E-state index is 0.360. The van der Waals surface area contributed by atoms with Crippen molar-refractivity contribution in [3.05, 3.63) is 0 Å². The standard InChI is InChI=1S/C16H30N2O2/c1-3-7-17-14-5-8-18(9-6-14)16(19)12-13-10-15(11-13)20-4-2/h13-15,17H,3-12H2,1-2H3. The number of amides is 1. The van der Waals surface area contributed by atoms with E-state index in [1.807, 2.05) is 6.92 Å². The van der Waals surface area contributed by atoms with Crippen molar-refractivity contribution in [2.75, 3.05) is 26.2 Å². The van der Waals surface area contributed by atoms with Crippen LogP contribution in [0.15, 0.2) is 0 Å². The number of carbonyl (C=O) groups excluding carboxylic acids is 1. The van der Waals surface area contributed by atoms with Crippen LogP contribution in [-0.4, -0.2) is 49.2 Å². The van der Waals surface area contributed by atoms with Gasteiger partial charge >= 0.3 is 0 Å². The van der Waals surface area contributed by atoms with Gasteiger partial charge in [-0.05, 0) is 51.5 Å². The Morgan fingerprint density at radius 2 is 1.95 bits per heavy atom. The lowest BCUT2D eigenvalue weighted by Crippen LogP contribution is -2.46. The normalized spacial score (nSPS) is 27.4. The van der Waals surface area contributed by atoms with Crippen molar-refractivity contribution >= 4 is 5.91 Å². The first-order valence-corrected chi connectivity index (χ1v) is 8.35. The summed E-state index contributed by atoms with van der Waals surface area (Å²) in [6.45, 7) is 7.99. The maximum absolute atomic E-state index is 12.3. The maximum atomic E-state index is 12.3. The minimum Gasteiger partial charge on any atom is -0.378 e. The quantitative estimate of drug-likeness (QED) is 0.778. The van der Waals surface area contributed by atoms with Crippen LogP contribution < -0.4 is 5.32 Å². The average Bonchev–Trinajstić information content (AvgIpc) is 2.43. The second-order valence-corrected chi connectivity index (χ2v) is 6.23. The Hall–Kier alpha value is -0.610. The molecule has 0 spiro atoms. The fourth-order valence-corrected chi connectivity index (χ4v) is 3.27. The number of nitrogens with zero attached hydrogens (tertiary/aromatic N) is 1. The molecule has 4 nitrogen and oxygen atoms in total. The minimum absolute atomic E-state index is 0.360. The van der Waals surface area contributed by atoms with Gasteiger partial charge in [-0.1, -0.05) is 6.92 Å². The van der Waals surface area contributed by atoms with Crippen LogP contribution in [0.5, 0.6) is 0 Å². The fraction of sp³-hybridized carbons (Fsp3) is 0.938. The lowest BCUT2D eigenvalue weighted by atomic mass is 9.79. The summed E-state index contributed by atoms with van der Waals surface area (Å²) in [5.41, 5.74) is 0. The van der Waals surface area contributed by atoms with E-state index >= 15 is 0 Å². The van der Waals surface area contributed by atoms with Crippen molar-refractivity contribution in [3.63, 3.8) is 0 Å². The Kier molecular flexibility index (Phi) is 6.30. The van der Waals surface area contributed by atoms with E-state index in [2.05, 4.69) is 17.1 Å². The monoisotopic (exact) mass is 282 g/mol. The molecule has 2 rings (SSSR count).